The SMILES string of the molecule is CCCCC(CSC)C1=NCC=N1.O=C(O)C(=O)O.[Pt]. The average molecular weight is 483 g/mol. The summed E-state index contributed by atoms with van der Waals surface area (Å²) < 4.78 is 0. The number of hydrogen-bond acceptors (Lipinski definition) is 5. The molecule has 118 valence electrons. The van der Waals surface area contributed by atoms with E-state index < -0.39 is 11.9 Å². The van der Waals surface area contributed by atoms with Crippen LogP contribution in [-0.4, -0.2) is 52.8 Å². The molecule has 0 saturated heterocycles. The number of carbonyl (C=O) groups is 2. The molecule has 0 amide bonds. The molecular formula is C12H20N2O4PtS. The number of nitrogens with zero attached hydrogens (tertiary/aromatic N) is 2. The second kappa shape index (κ2) is 13.3. The standard InChI is InChI=1S/C10H18N2S.C2H2O4.Pt/c1-3-4-5-9(8-13-2)10-11-6-7-12-10;3-1(4)2(5)6;/h6,9H,3-5,7-8H2,1-2H3;(H,3,4)(H,5,6);. The topological polar surface area (TPSA) is 99.3 Å². The molecule has 2 N–H and O–H groups in total. The molecule has 0 saturated carbocycles. The van der Waals surface area contributed by atoms with E-state index >= 15 is 0 Å². The molecule has 1 unspecified atom stereocenters. The summed E-state index contributed by atoms with van der Waals surface area (Å²) in [7, 11) is 0. The summed E-state index contributed by atoms with van der Waals surface area (Å²) in [5.74, 6) is -0.808. The predicted molar refractivity (Wildman–Crippen MR) is 77.5 cm³/mol. The van der Waals surface area contributed by atoms with Crippen LogP contribution in [0.15, 0.2) is 9.98 Å². The monoisotopic (exact) mass is 483 g/mol. The van der Waals surface area contributed by atoms with E-state index in [0.717, 1.165) is 18.1 Å². The molecule has 0 fully saturated rings. The Labute approximate surface area is 137 Å². The first-order valence-corrected chi connectivity index (χ1v) is 7.44. The summed E-state index contributed by atoms with van der Waals surface area (Å²) in [5.41, 5.74) is 0. The van der Waals surface area contributed by atoms with Gasteiger partial charge in [-0.1, -0.05) is 19.8 Å². The third kappa shape index (κ3) is 10.1. The molecule has 0 spiro atoms. The minimum atomic E-state index is -1.82. The van der Waals surface area contributed by atoms with Crippen molar-refractivity contribution in [2.24, 2.45) is 15.9 Å². The summed E-state index contributed by atoms with van der Waals surface area (Å²) in [6.07, 6.45) is 7.86. The second-order valence-corrected chi connectivity index (χ2v) is 4.83. The van der Waals surface area contributed by atoms with Crippen LogP contribution in [0, 0.1) is 5.92 Å². The number of unbranched alkanes of at least 4 members (excludes halogenated alkanes) is 1. The van der Waals surface area contributed by atoms with Crippen molar-refractivity contribution in [3.8, 4) is 0 Å². The van der Waals surface area contributed by atoms with Gasteiger partial charge in [0, 0.05) is 39.0 Å². The molecule has 6 nitrogen and oxygen atoms in total. The Bertz CT molecular complexity index is 349. The fourth-order valence-electron chi connectivity index (χ4n) is 1.48. The number of aliphatic imine (C=N–C) groups is 2. The summed E-state index contributed by atoms with van der Waals surface area (Å²) in [5, 5.41) is 14.8. The van der Waals surface area contributed by atoms with Crippen molar-refractivity contribution in [1.29, 1.82) is 0 Å². The van der Waals surface area contributed by atoms with E-state index in [-0.39, 0.29) is 21.1 Å². The van der Waals surface area contributed by atoms with Crippen LogP contribution in [-0.2, 0) is 30.7 Å². The van der Waals surface area contributed by atoms with Crippen molar-refractivity contribution in [1.82, 2.24) is 0 Å². The molecule has 0 aromatic rings. The van der Waals surface area contributed by atoms with Crippen LogP contribution in [0.4, 0.5) is 0 Å². The molecule has 8 heteroatoms. The number of carboxylic acids is 2. The first-order valence-electron chi connectivity index (χ1n) is 6.04. The van der Waals surface area contributed by atoms with Gasteiger partial charge in [-0.3, -0.25) is 4.99 Å². The minimum absolute atomic E-state index is 0. The van der Waals surface area contributed by atoms with Crippen LogP contribution < -0.4 is 0 Å². The Morgan fingerprint density at radius 2 is 2.00 bits per heavy atom. The van der Waals surface area contributed by atoms with Gasteiger partial charge < -0.3 is 10.2 Å². The van der Waals surface area contributed by atoms with Crippen LogP contribution in [0.3, 0.4) is 0 Å². The van der Waals surface area contributed by atoms with Crippen LogP contribution in [0.1, 0.15) is 26.2 Å². The van der Waals surface area contributed by atoms with Crippen LogP contribution in [0.2, 0.25) is 0 Å². The van der Waals surface area contributed by atoms with E-state index in [1.165, 1.54) is 19.3 Å². The minimum Gasteiger partial charge on any atom is -0.473 e. The Morgan fingerprint density at radius 3 is 2.35 bits per heavy atom. The molecule has 1 aliphatic heterocycles. The van der Waals surface area contributed by atoms with E-state index in [9.17, 15) is 0 Å². The summed E-state index contributed by atoms with van der Waals surface area (Å²) in [6.45, 7) is 3.03. The molecule has 0 aromatic carbocycles. The molecular weight excluding hydrogens is 463 g/mol. The zero-order valence-corrected chi connectivity index (χ0v) is 14.6. The van der Waals surface area contributed by atoms with E-state index in [4.69, 9.17) is 19.8 Å². The number of aliphatic carboxylic acids is 2. The fourth-order valence-corrected chi connectivity index (χ4v) is 2.20. The predicted octanol–water partition coefficient (Wildman–Crippen LogP) is 1.79. The third-order valence-corrected chi connectivity index (χ3v) is 3.12. The first kappa shape index (κ1) is 21.6. The third-order valence-electron chi connectivity index (χ3n) is 2.38. The van der Waals surface area contributed by atoms with Crippen molar-refractivity contribution in [2.45, 2.75) is 26.2 Å². The number of thioether (sulfide) groups is 1. The maximum atomic E-state index is 9.10. The maximum absolute atomic E-state index is 9.10. The fraction of sp³-hybridized carbons (Fsp3) is 0.667. The summed E-state index contributed by atoms with van der Waals surface area (Å²) in [4.78, 5) is 26.9. The zero-order chi connectivity index (χ0) is 14.7. The van der Waals surface area contributed by atoms with E-state index in [1.54, 1.807) is 0 Å². The normalized spacial score (nSPS) is 13.6. The van der Waals surface area contributed by atoms with E-state index in [2.05, 4.69) is 23.2 Å². The second-order valence-electron chi connectivity index (χ2n) is 3.92. The number of hydrogen-bond donors (Lipinski definition) is 2. The summed E-state index contributed by atoms with van der Waals surface area (Å²) >= 11 is 1.89. The van der Waals surface area contributed by atoms with Gasteiger partial charge >= 0.3 is 11.9 Å². The van der Waals surface area contributed by atoms with E-state index in [0.29, 0.717) is 5.92 Å². The smallest absolute Gasteiger partial charge is 0.414 e. The zero-order valence-electron chi connectivity index (χ0n) is 11.5. The largest absolute Gasteiger partial charge is 0.473 e. The Morgan fingerprint density at radius 1 is 1.40 bits per heavy atom. The molecule has 1 atom stereocenters. The van der Waals surface area contributed by atoms with Gasteiger partial charge in [0.25, 0.3) is 0 Å². The van der Waals surface area contributed by atoms with Gasteiger partial charge in [0.1, 0.15) is 5.84 Å². The molecule has 1 rings (SSSR count). The molecule has 1 aliphatic rings. The Hall–Kier alpha value is -0.682. The molecule has 0 aliphatic carbocycles. The van der Waals surface area contributed by atoms with Gasteiger partial charge in [-0.25, -0.2) is 14.6 Å². The first-order chi connectivity index (χ1) is 9.02. The number of rotatable bonds is 6. The average Bonchev–Trinajstić information content (AvgIpc) is 2.88. The van der Waals surface area contributed by atoms with Crippen LogP contribution in [0.5, 0.6) is 0 Å². The molecule has 0 bridgehead atoms. The number of carboxylic acid groups (broad SMARTS) is 2. The van der Waals surface area contributed by atoms with Crippen molar-refractivity contribution in [3.05, 3.63) is 0 Å². The van der Waals surface area contributed by atoms with Gasteiger partial charge in [0.2, 0.25) is 0 Å². The Kier molecular flexibility index (Phi) is 14.4. The molecule has 1 heterocycles. The van der Waals surface area contributed by atoms with Crippen molar-refractivity contribution in [3.63, 3.8) is 0 Å². The van der Waals surface area contributed by atoms with Gasteiger partial charge in [0.05, 0.1) is 6.54 Å². The van der Waals surface area contributed by atoms with E-state index in [1.807, 2.05) is 18.0 Å². The van der Waals surface area contributed by atoms with Crippen LogP contribution >= 0.6 is 11.8 Å². The maximum Gasteiger partial charge on any atom is 0.414 e. The van der Waals surface area contributed by atoms with Gasteiger partial charge in [-0.15, -0.1) is 0 Å². The van der Waals surface area contributed by atoms with Crippen molar-refractivity contribution >= 4 is 35.8 Å². The van der Waals surface area contributed by atoms with Crippen LogP contribution in [0.25, 0.3) is 0 Å². The van der Waals surface area contributed by atoms with Gasteiger partial charge in [0.15, 0.2) is 0 Å². The van der Waals surface area contributed by atoms with Gasteiger partial charge in [-0.05, 0) is 12.7 Å². The van der Waals surface area contributed by atoms with Crippen molar-refractivity contribution < 1.29 is 40.9 Å². The molecule has 0 radical (unpaired) electrons. The summed E-state index contributed by atoms with van der Waals surface area (Å²) in [6, 6.07) is 0. The quantitative estimate of drug-likeness (QED) is 0.562. The van der Waals surface area contributed by atoms with Gasteiger partial charge in [-0.2, -0.15) is 11.8 Å². The molecule has 20 heavy (non-hydrogen) atoms. The number of amidine groups is 1. The van der Waals surface area contributed by atoms with Crippen molar-refractivity contribution in [2.75, 3.05) is 18.6 Å². The Balaban J connectivity index is 0. The molecule has 0 aromatic heterocycles.